The van der Waals surface area contributed by atoms with Gasteiger partial charge < -0.3 is 0 Å². The van der Waals surface area contributed by atoms with Gasteiger partial charge in [-0.2, -0.15) is 0 Å². The molecule has 2 aromatic carbocycles. The number of aryl methyl sites for hydroxylation is 1. The van der Waals surface area contributed by atoms with Crippen molar-refractivity contribution in [1.82, 2.24) is 0 Å². The number of benzene rings is 2. The summed E-state index contributed by atoms with van der Waals surface area (Å²) >= 11 is 5.13. The van der Waals surface area contributed by atoms with E-state index in [0.29, 0.717) is 0 Å². The maximum atomic E-state index is 5.87. The predicted octanol–water partition coefficient (Wildman–Crippen LogP) is 2.30. The van der Waals surface area contributed by atoms with Gasteiger partial charge in [-0.15, -0.1) is 0 Å². The van der Waals surface area contributed by atoms with Gasteiger partial charge >= 0.3 is 107 Å². The van der Waals surface area contributed by atoms with Crippen LogP contribution in [0.1, 0.15) is 5.56 Å². The summed E-state index contributed by atoms with van der Waals surface area (Å²) in [6, 6.07) is 17.0. The molecule has 0 heterocycles. The average molecular weight is 412 g/mol. The monoisotopic (exact) mass is 411 g/mol. The van der Waals surface area contributed by atoms with Gasteiger partial charge in [0.1, 0.15) is 0 Å². The summed E-state index contributed by atoms with van der Waals surface area (Å²) < 4.78 is 3.04. The van der Waals surface area contributed by atoms with Crippen LogP contribution in [-0.2, 0) is 0 Å². The van der Waals surface area contributed by atoms with Crippen LogP contribution >= 0.6 is 11.6 Å². The molecule has 2 heteroatoms. The molecule has 2 aromatic rings. The van der Waals surface area contributed by atoms with Gasteiger partial charge in [0.2, 0.25) is 0 Å². The van der Waals surface area contributed by atoms with Crippen LogP contribution in [0.25, 0.3) is 0 Å². The van der Waals surface area contributed by atoms with Gasteiger partial charge in [-0.05, 0) is 0 Å². The van der Waals surface area contributed by atoms with Crippen molar-refractivity contribution in [2.45, 2.75) is 6.92 Å². The minimum absolute atomic E-state index is 0.732. The molecule has 2 rings (SSSR count). The van der Waals surface area contributed by atoms with E-state index in [1.54, 1.807) is 3.27 Å². The van der Waals surface area contributed by atoms with Crippen molar-refractivity contribution in [1.29, 1.82) is 0 Å². The van der Waals surface area contributed by atoms with Gasteiger partial charge in [-0.3, -0.25) is 0 Å². The van der Waals surface area contributed by atoms with Crippen LogP contribution in [0, 0.1) is 6.92 Å². The molecule has 0 saturated heterocycles. The van der Waals surface area contributed by atoms with E-state index >= 15 is 0 Å². The van der Waals surface area contributed by atoms with Crippen molar-refractivity contribution < 1.29 is 0 Å². The molecular weight excluding hydrogens is 401 g/mol. The van der Waals surface area contributed by atoms with Gasteiger partial charge in [0.05, 0.1) is 0 Å². The molecular formula is C13H11BiCl. The first-order valence-electron chi connectivity index (χ1n) is 4.78. The molecule has 0 atom stereocenters. The Balaban J connectivity index is 2.22. The molecule has 15 heavy (non-hydrogen) atoms. The fraction of sp³-hybridized carbons (Fsp3) is 0.0769. The van der Waals surface area contributed by atoms with Crippen molar-refractivity contribution in [2.24, 2.45) is 0 Å². The van der Waals surface area contributed by atoms with Crippen molar-refractivity contribution in [3.05, 3.63) is 59.1 Å². The van der Waals surface area contributed by atoms with Crippen molar-refractivity contribution in [2.75, 3.05) is 0 Å². The third-order valence-corrected chi connectivity index (χ3v) is 7.49. The average Bonchev–Trinajstić information content (AvgIpc) is 2.25. The molecule has 0 fully saturated rings. The van der Waals surface area contributed by atoms with Crippen molar-refractivity contribution in [3.63, 3.8) is 0 Å². The second kappa shape index (κ2) is 5.10. The van der Waals surface area contributed by atoms with E-state index in [2.05, 4.69) is 43.3 Å². The zero-order valence-electron chi connectivity index (χ0n) is 8.44. The fourth-order valence-corrected chi connectivity index (χ4v) is 5.31. The first-order valence-corrected chi connectivity index (χ1v) is 8.64. The third kappa shape index (κ3) is 3.03. The molecule has 0 spiro atoms. The van der Waals surface area contributed by atoms with Gasteiger partial charge in [0.15, 0.2) is 0 Å². The Morgan fingerprint density at radius 2 is 1.60 bits per heavy atom. The van der Waals surface area contributed by atoms with E-state index in [-0.39, 0.29) is 0 Å². The molecule has 0 aliphatic carbocycles. The molecule has 0 unspecified atom stereocenters. The zero-order chi connectivity index (χ0) is 10.7. The normalized spacial score (nSPS) is 10.3. The Morgan fingerprint density at radius 3 is 2.27 bits per heavy atom. The Kier molecular flexibility index (Phi) is 3.77. The summed E-state index contributed by atoms with van der Waals surface area (Å²) in [7, 11) is 0. The van der Waals surface area contributed by atoms with Crippen LogP contribution < -0.4 is 6.54 Å². The van der Waals surface area contributed by atoms with Gasteiger partial charge in [0, 0.05) is 0 Å². The van der Waals surface area contributed by atoms with Gasteiger partial charge in [0.25, 0.3) is 0 Å². The van der Waals surface area contributed by atoms with Crippen LogP contribution in [0.5, 0.6) is 0 Å². The van der Waals surface area contributed by atoms with E-state index in [4.69, 9.17) is 11.6 Å². The zero-order valence-corrected chi connectivity index (χ0v) is 12.7. The number of hydrogen-bond donors (Lipinski definition) is 0. The Bertz CT molecular complexity index is 448. The molecule has 0 saturated carbocycles. The topological polar surface area (TPSA) is 0 Å². The summed E-state index contributed by atoms with van der Waals surface area (Å²) in [5.74, 6) is 0. The van der Waals surface area contributed by atoms with Crippen molar-refractivity contribution >= 4 is 41.4 Å². The quantitative estimate of drug-likeness (QED) is 0.666. The first-order chi connectivity index (χ1) is 7.25. The van der Waals surface area contributed by atoms with E-state index in [1.165, 1.54) is 8.83 Å². The van der Waals surface area contributed by atoms with Gasteiger partial charge in [-0.1, -0.05) is 0 Å². The second-order valence-electron chi connectivity index (χ2n) is 3.37. The minimum atomic E-state index is -0.732. The molecule has 0 aliphatic rings. The first kappa shape index (κ1) is 11.1. The molecule has 0 nitrogen and oxygen atoms in total. The summed E-state index contributed by atoms with van der Waals surface area (Å²) in [5, 5.41) is 0.824. The van der Waals surface area contributed by atoms with Gasteiger partial charge in [-0.25, -0.2) is 0 Å². The molecule has 0 bridgehead atoms. The SMILES string of the molecule is Cc1cccc[c]1[Bi][c]1ccc(Cl)cc1. The molecule has 0 aromatic heterocycles. The predicted molar refractivity (Wildman–Crippen MR) is 67.7 cm³/mol. The van der Waals surface area contributed by atoms with Crippen LogP contribution in [0.2, 0.25) is 5.02 Å². The van der Waals surface area contributed by atoms with E-state index in [1.807, 2.05) is 12.1 Å². The van der Waals surface area contributed by atoms with Crippen LogP contribution in [-0.4, -0.2) is 23.2 Å². The van der Waals surface area contributed by atoms with E-state index < -0.39 is 23.2 Å². The van der Waals surface area contributed by atoms with E-state index in [0.717, 1.165) is 5.02 Å². The molecule has 0 aliphatic heterocycles. The van der Waals surface area contributed by atoms with Crippen LogP contribution in [0.15, 0.2) is 48.5 Å². The number of rotatable bonds is 2. The fourth-order valence-electron chi connectivity index (χ4n) is 1.34. The summed E-state index contributed by atoms with van der Waals surface area (Å²) in [4.78, 5) is 0. The molecule has 0 amide bonds. The molecule has 0 N–H and O–H groups in total. The van der Waals surface area contributed by atoms with E-state index in [9.17, 15) is 0 Å². The van der Waals surface area contributed by atoms with Crippen molar-refractivity contribution in [3.8, 4) is 0 Å². The Labute approximate surface area is 107 Å². The second-order valence-corrected chi connectivity index (χ2v) is 8.56. The summed E-state index contributed by atoms with van der Waals surface area (Å²) in [5.41, 5.74) is 1.42. The molecule has 75 valence electrons. The summed E-state index contributed by atoms with van der Waals surface area (Å²) in [6.45, 7) is 2.19. The number of halogens is 1. The Hall–Kier alpha value is -0.387. The standard InChI is InChI=1S/C7H7.C6H4Cl.Bi/c1-7-5-3-2-4-6-7;7-6-4-2-1-3-5-6;/h2-5H,1H3;2-5H;. The third-order valence-electron chi connectivity index (χ3n) is 2.19. The Morgan fingerprint density at radius 1 is 0.933 bits per heavy atom. The molecule has 1 radical (unpaired) electrons. The van der Waals surface area contributed by atoms with Crippen LogP contribution in [0.4, 0.5) is 0 Å². The number of hydrogen-bond acceptors (Lipinski definition) is 0. The maximum absolute atomic E-state index is 5.87. The van der Waals surface area contributed by atoms with Crippen LogP contribution in [0.3, 0.4) is 0 Å². The summed E-state index contributed by atoms with van der Waals surface area (Å²) in [6.07, 6.45) is 0.